The molecule has 1 N–H and O–H groups in total. The lowest BCUT2D eigenvalue weighted by molar-refractivity contribution is -0.0461. The van der Waals surface area contributed by atoms with E-state index in [1.807, 2.05) is 24.3 Å². The van der Waals surface area contributed by atoms with E-state index in [1.54, 1.807) is 11.8 Å². The van der Waals surface area contributed by atoms with Crippen LogP contribution in [-0.4, -0.2) is 54.4 Å². The molecule has 2 atom stereocenters. The topological polar surface area (TPSA) is 41.6 Å². The van der Waals surface area contributed by atoms with Gasteiger partial charge in [0, 0.05) is 34.8 Å². The van der Waals surface area contributed by atoms with Gasteiger partial charge in [0.25, 0.3) is 5.91 Å². The van der Waals surface area contributed by atoms with Crippen molar-refractivity contribution in [2.75, 3.05) is 26.2 Å². The third kappa shape index (κ3) is 4.49. The monoisotopic (exact) mass is 334 g/mol. The normalized spacial score (nSPS) is 24.7. The Labute approximate surface area is 143 Å². The Balaban J connectivity index is 1.47. The third-order valence-electron chi connectivity index (χ3n) is 4.44. The molecule has 4 nitrogen and oxygen atoms in total. The number of nitrogens with zero attached hydrogens (tertiary/aromatic N) is 1. The molecule has 0 radical (unpaired) electrons. The first-order valence-corrected chi connectivity index (χ1v) is 9.40. The highest BCUT2D eigenvalue weighted by atomic mass is 32.2. The molecule has 5 heteroatoms. The Morgan fingerprint density at radius 1 is 1.39 bits per heavy atom. The Hall–Kier alpha value is -1.04. The van der Waals surface area contributed by atoms with Crippen molar-refractivity contribution in [3.63, 3.8) is 0 Å². The number of amides is 1. The van der Waals surface area contributed by atoms with Crippen LogP contribution in [-0.2, 0) is 4.74 Å². The van der Waals surface area contributed by atoms with E-state index in [2.05, 4.69) is 24.1 Å². The second-order valence-electron chi connectivity index (χ2n) is 6.65. The van der Waals surface area contributed by atoms with Crippen molar-refractivity contribution in [3.05, 3.63) is 29.8 Å². The maximum atomic E-state index is 12.3. The Morgan fingerprint density at radius 2 is 2.17 bits per heavy atom. The van der Waals surface area contributed by atoms with Crippen LogP contribution in [0.2, 0.25) is 0 Å². The average molecular weight is 334 g/mol. The molecule has 3 rings (SSSR count). The Kier molecular flexibility index (Phi) is 5.62. The third-order valence-corrected chi connectivity index (χ3v) is 5.46. The van der Waals surface area contributed by atoms with Crippen LogP contribution in [0, 0.1) is 0 Å². The number of rotatable bonds is 5. The lowest BCUT2D eigenvalue weighted by atomic mass is 10.1. The highest BCUT2D eigenvalue weighted by molar-refractivity contribution is 7.99. The summed E-state index contributed by atoms with van der Waals surface area (Å²) >= 11 is 1.81. The van der Waals surface area contributed by atoms with Gasteiger partial charge in [0.15, 0.2) is 0 Å². The van der Waals surface area contributed by atoms with Crippen molar-refractivity contribution in [1.82, 2.24) is 10.2 Å². The van der Waals surface area contributed by atoms with Gasteiger partial charge in [-0.3, -0.25) is 9.69 Å². The number of carbonyl (C=O) groups is 1. The summed E-state index contributed by atoms with van der Waals surface area (Å²) in [6, 6.07) is 8.45. The summed E-state index contributed by atoms with van der Waals surface area (Å²) in [5.41, 5.74) is 0.716. The maximum Gasteiger partial charge on any atom is 0.251 e. The van der Waals surface area contributed by atoms with Crippen LogP contribution >= 0.6 is 11.8 Å². The first-order chi connectivity index (χ1) is 11.1. The molecule has 1 aromatic carbocycles. The quantitative estimate of drug-likeness (QED) is 0.841. The predicted octanol–water partition coefficient (Wildman–Crippen LogP) is 2.78. The van der Waals surface area contributed by atoms with Gasteiger partial charge in [0.05, 0.1) is 12.7 Å². The molecule has 126 valence electrons. The van der Waals surface area contributed by atoms with Crippen molar-refractivity contribution < 1.29 is 9.53 Å². The van der Waals surface area contributed by atoms with Gasteiger partial charge in [-0.15, -0.1) is 11.8 Å². The largest absolute Gasteiger partial charge is 0.373 e. The lowest BCUT2D eigenvalue weighted by Crippen LogP contribution is -2.50. The van der Waals surface area contributed by atoms with E-state index in [1.165, 1.54) is 24.3 Å². The van der Waals surface area contributed by atoms with E-state index in [9.17, 15) is 4.79 Å². The van der Waals surface area contributed by atoms with Gasteiger partial charge < -0.3 is 10.1 Å². The van der Waals surface area contributed by atoms with Crippen LogP contribution in [0.15, 0.2) is 29.2 Å². The number of carbonyl (C=O) groups excluding carboxylic acids is 1. The minimum Gasteiger partial charge on any atom is -0.373 e. The molecule has 2 aliphatic heterocycles. The molecule has 2 aliphatic rings. The van der Waals surface area contributed by atoms with Crippen LogP contribution in [0.25, 0.3) is 0 Å². The minimum absolute atomic E-state index is 0.0155. The number of fused-ring (bicyclic) bond motifs is 1. The maximum absolute atomic E-state index is 12.3. The van der Waals surface area contributed by atoms with Gasteiger partial charge >= 0.3 is 0 Å². The molecule has 1 aromatic rings. The number of ether oxygens (including phenoxy) is 1. The molecule has 1 amide bonds. The molecule has 2 heterocycles. The summed E-state index contributed by atoms with van der Waals surface area (Å²) in [6.07, 6.45) is 2.64. The fraction of sp³-hybridized carbons (Fsp3) is 0.611. The van der Waals surface area contributed by atoms with Crippen molar-refractivity contribution in [3.8, 4) is 0 Å². The zero-order valence-corrected chi connectivity index (χ0v) is 14.8. The molecule has 23 heavy (non-hydrogen) atoms. The van der Waals surface area contributed by atoms with Crippen LogP contribution in [0.3, 0.4) is 0 Å². The molecule has 0 aromatic heterocycles. The summed E-state index contributed by atoms with van der Waals surface area (Å²) < 4.78 is 5.88. The van der Waals surface area contributed by atoms with E-state index in [0.717, 1.165) is 13.2 Å². The molecule has 0 aliphatic carbocycles. The van der Waals surface area contributed by atoms with E-state index in [0.29, 0.717) is 23.4 Å². The van der Waals surface area contributed by atoms with Crippen LogP contribution in [0.5, 0.6) is 0 Å². The van der Waals surface area contributed by atoms with E-state index >= 15 is 0 Å². The smallest absolute Gasteiger partial charge is 0.251 e. The molecule has 0 saturated carbocycles. The number of morpholine rings is 1. The highest BCUT2D eigenvalue weighted by Crippen LogP contribution is 2.23. The van der Waals surface area contributed by atoms with Crippen molar-refractivity contribution in [2.45, 2.75) is 49.0 Å². The average Bonchev–Trinajstić information content (AvgIpc) is 3.00. The minimum atomic E-state index is -0.0155. The van der Waals surface area contributed by atoms with Gasteiger partial charge in [-0.2, -0.15) is 0 Å². The molecule has 0 spiro atoms. The number of hydrogen-bond donors (Lipinski definition) is 1. The van der Waals surface area contributed by atoms with E-state index in [4.69, 9.17) is 4.74 Å². The lowest BCUT2D eigenvalue weighted by Gasteiger charge is -2.35. The molecule has 2 fully saturated rings. The molecular weight excluding hydrogens is 308 g/mol. The zero-order valence-electron chi connectivity index (χ0n) is 14.0. The van der Waals surface area contributed by atoms with Gasteiger partial charge in [-0.05, 0) is 43.7 Å². The van der Waals surface area contributed by atoms with Crippen molar-refractivity contribution >= 4 is 17.7 Å². The van der Waals surface area contributed by atoms with Crippen LogP contribution < -0.4 is 5.32 Å². The first kappa shape index (κ1) is 16.8. The second kappa shape index (κ2) is 7.69. The summed E-state index contributed by atoms with van der Waals surface area (Å²) in [5.74, 6) is -0.0155. The predicted molar refractivity (Wildman–Crippen MR) is 94.1 cm³/mol. The van der Waals surface area contributed by atoms with E-state index < -0.39 is 0 Å². The number of thioether (sulfide) groups is 1. The zero-order chi connectivity index (χ0) is 16.2. The summed E-state index contributed by atoms with van der Waals surface area (Å²) in [4.78, 5) is 16.0. The molecule has 2 saturated heterocycles. The van der Waals surface area contributed by atoms with Gasteiger partial charge in [-0.25, -0.2) is 0 Å². The number of nitrogens with one attached hydrogen (secondary N) is 1. The van der Waals surface area contributed by atoms with Gasteiger partial charge in [0.1, 0.15) is 0 Å². The second-order valence-corrected chi connectivity index (χ2v) is 8.30. The first-order valence-electron chi connectivity index (χ1n) is 8.52. The Bertz CT molecular complexity index is 532. The van der Waals surface area contributed by atoms with Crippen LogP contribution in [0.4, 0.5) is 0 Å². The standard InChI is InChI=1S/C18H26N2O2S/c1-13(2)23-17-7-5-14(6-8-17)18(21)19-10-16-11-20-9-3-4-15(20)12-22-16/h5-8,13,15-16H,3-4,9-12H2,1-2H3,(H,19,21)/t15-,16+/m0/s1. The van der Waals surface area contributed by atoms with Gasteiger partial charge in [-0.1, -0.05) is 13.8 Å². The van der Waals surface area contributed by atoms with Crippen LogP contribution in [0.1, 0.15) is 37.0 Å². The molecule has 0 bridgehead atoms. The van der Waals surface area contributed by atoms with E-state index in [-0.39, 0.29) is 12.0 Å². The van der Waals surface area contributed by atoms with Crippen molar-refractivity contribution in [2.24, 2.45) is 0 Å². The Morgan fingerprint density at radius 3 is 2.91 bits per heavy atom. The summed E-state index contributed by atoms with van der Waals surface area (Å²) in [6.45, 7) is 7.84. The molecule has 0 unspecified atom stereocenters. The molecular formula is C18H26N2O2S. The highest BCUT2D eigenvalue weighted by Gasteiger charge is 2.32. The fourth-order valence-corrected chi connectivity index (χ4v) is 4.11. The van der Waals surface area contributed by atoms with Crippen molar-refractivity contribution in [1.29, 1.82) is 0 Å². The number of hydrogen-bond acceptors (Lipinski definition) is 4. The summed E-state index contributed by atoms with van der Waals surface area (Å²) in [7, 11) is 0. The SMILES string of the molecule is CC(C)Sc1ccc(C(=O)NC[C@@H]2CN3CCC[C@H]3CO2)cc1. The summed E-state index contributed by atoms with van der Waals surface area (Å²) in [5, 5.41) is 3.56. The fourth-order valence-electron chi connectivity index (χ4n) is 3.27. The van der Waals surface area contributed by atoms with Gasteiger partial charge in [0.2, 0.25) is 0 Å². The number of benzene rings is 1.